The summed E-state index contributed by atoms with van der Waals surface area (Å²) in [6.07, 6.45) is 3.65. The summed E-state index contributed by atoms with van der Waals surface area (Å²) in [6, 6.07) is 1.08. The summed E-state index contributed by atoms with van der Waals surface area (Å²) in [4.78, 5) is 2.65. The van der Waals surface area contributed by atoms with E-state index < -0.39 is 0 Å². The normalized spacial score (nSPS) is 32.5. The molecule has 4 unspecified atom stereocenters. The van der Waals surface area contributed by atoms with E-state index in [0.29, 0.717) is 11.5 Å². The van der Waals surface area contributed by atoms with Crippen molar-refractivity contribution >= 4 is 0 Å². The Hall–Kier alpha value is -0.0800. The highest BCUT2D eigenvalue weighted by Gasteiger charge is 2.28. The monoisotopic (exact) mass is 254 g/mol. The molecule has 2 N–H and O–H groups in total. The maximum absolute atomic E-state index is 6.27. The largest absolute Gasteiger partial charge is 0.328 e. The lowest BCUT2D eigenvalue weighted by Gasteiger charge is -2.41. The van der Waals surface area contributed by atoms with E-state index in [-0.39, 0.29) is 0 Å². The zero-order chi connectivity index (χ0) is 13.9. The molecule has 2 heteroatoms. The molecule has 1 aliphatic rings. The molecule has 1 heterocycles. The third kappa shape index (κ3) is 5.27. The van der Waals surface area contributed by atoms with Gasteiger partial charge in [-0.2, -0.15) is 0 Å². The van der Waals surface area contributed by atoms with Gasteiger partial charge in [0.1, 0.15) is 0 Å². The molecule has 0 bridgehead atoms. The van der Waals surface area contributed by atoms with Gasteiger partial charge >= 0.3 is 0 Å². The van der Waals surface area contributed by atoms with Crippen LogP contribution in [-0.2, 0) is 0 Å². The molecule has 0 aromatic carbocycles. The van der Waals surface area contributed by atoms with Gasteiger partial charge in [0.2, 0.25) is 0 Å². The lowest BCUT2D eigenvalue weighted by atomic mass is 9.85. The van der Waals surface area contributed by atoms with Crippen molar-refractivity contribution in [2.75, 3.05) is 13.1 Å². The Kier molecular flexibility index (Phi) is 5.67. The Morgan fingerprint density at radius 3 is 2.39 bits per heavy atom. The van der Waals surface area contributed by atoms with Gasteiger partial charge in [-0.3, -0.25) is 0 Å². The van der Waals surface area contributed by atoms with Crippen LogP contribution in [-0.4, -0.2) is 30.1 Å². The fourth-order valence-corrected chi connectivity index (χ4v) is 3.35. The van der Waals surface area contributed by atoms with E-state index in [1.165, 1.54) is 19.5 Å². The minimum Gasteiger partial charge on any atom is -0.328 e. The predicted molar refractivity (Wildman–Crippen MR) is 80.6 cm³/mol. The molecule has 2 nitrogen and oxygen atoms in total. The summed E-state index contributed by atoms with van der Waals surface area (Å²) in [5, 5.41) is 0. The highest BCUT2D eigenvalue weighted by molar-refractivity contribution is 4.83. The molecular formula is C16H34N2. The van der Waals surface area contributed by atoms with Gasteiger partial charge in [0.05, 0.1) is 0 Å². The van der Waals surface area contributed by atoms with Crippen LogP contribution in [0.2, 0.25) is 0 Å². The highest BCUT2D eigenvalue weighted by Crippen LogP contribution is 2.27. The second-order valence-electron chi connectivity index (χ2n) is 7.87. The van der Waals surface area contributed by atoms with Crippen LogP contribution in [0.5, 0.6) is 0 Å². The lowest BCUT2D eigenvalue weighted by Crippen LogP contribution is -2.47. The quantitative estimate of drug-likeness (QED) is 0.832. The van der Waals surface area contributed by atoms with E-state index in [1.54, 1.807) is 0 Å². The van der Waals surface area contributed by atoms with Crippen LogP contribution in [0.4, 0.5) is 0 Å². The average molecular weight is 254 g/mol. The Bertz CT molecular complexity index is 244. The highest BCUT2D eigenvalue weighted by atomic mass is 15.2. The van der Waals surface area contributed by atoms with Crippen LogP contribution >= 0.6 is 0 Å². The summed E-state index contributed by atoms with van der Waals surface area (Å²) in [5.41, 5.74) is 6.62. The van der Waals surface area contributed by atoms with Crippen LogP contribution in [0.1, 0.15) is 60.8 Å². The topological polar surface area (TPSA) is 29.3 Å². The molecule has 0 aromatic heterocycles. The zero-order valence-electron chi connectivity index (χ0n) is 13.4. The molecule has 0 radical (unpaired) electrons. The molecule has 0 aromatic rings. The molecular weight excluding hydrogens is 220 g/mol. The molecule has 0 spiro atoms. The molecule has 1 rings (SSSR count). The van der Waals surface area contributed by atoms with Crippen molar-refractivity contribution < 1.29 is 0 Å². The second kappa shape index (κ2) is 6.38. The number of nitrogens with two attached hydrogens (primary N) is 1. The van der Waals surface area contributed by atoms with Crippen LogP contribution in [0.3, 0.4) is 0 Å². The molecule has 1 saturated heterocycles. The fraction of sp³-hybridized carbons (Fsp3) is 1.00. The van der Waals surface area contributed by atoms with E-state index in [4.69, 9.17) is 5.73 Å². The SMILES string of the molecule is CC1CC(C)C(C)N(CCC(N)CC(C)(C)C)C1. The van der Waals surface area contributed by atoms with Crippen molar-refractivity contribution in [1.29, 1.82) is 0 Å². The van der Waals surface area contributed by atoms with E-state index >= 15 is 0 Å². The molecule has 0 saturated carbocycles. The zero-order valence-corrected chi connectivity index (χ0v) is 13.4. The van der Waals surface area contributed by atoms with Gasteiger partial charge in [0.15, 0.2) is 0 Å². The van der Waals surface area contributed by atoms with Crippen LogP contribution in [0.25, 0.3) is 0 Å². The van der Waals surface area contributed by atoms with E-state index in [0.717, 1.165) is 30.7 Å². The van der Waals surface area contributed by atoms with Gasteiger partial charge in [0.25, 0.3) is 0 Å². The van der Waals surface area contributed by atoms with Gasteiger partial charge in [0, 0.05) is 18.6 Å². The molecule has 1 fully saturated rings. The van der Waals surface area contributed by atoms with E-state index in [9.17, 15) is 0 Å². The number of piperidine rings is 1. The minimum atomic E-state index is 0.352. The Balaban J connectivity index is 2.37. The Morgan fingerprint density at radius 2 is 1.83 bits per heavy atom. The molecule has 0 amide bonds. The second-order valence-corrected chi connectivity index (χ2v) is 7.87. The van der Waals surface area contributed by atoms with Crippen molar-refractivity contribution in [3.63, 3.8) is 0 Å². The van der Waals surface area contributed by atoms with Crippen LogP contribution in [0.15, 0.2) is 0 Å². The van der Waals surface area contributed by atoms with Crippen molar-refractivity contribution in [3.8, 4) is 0 Å². The van der Waals surface area contributed by atoms with Crippen molar-refractivity contribution in [2.24, 2.45) is 23.0 Å². The maximum Gasteiger partial charge on any atom is 0.00927 e. The van der Waals surface area contributed by atoms with E-state index in [2.05, 4.69) is 46.4 Å². The summed E-state index contributed by atoms with van der Waals surface area (Å²) in [6.45, 7) is 16.4. The number of rotatable bonds is 4. The molecule has 18 heavy (non-hydrogen) atoms. The number of hydrogen-bond donors (Lipinski definition) is 1. The van der Waals surface area contributed by atoms with Crippen molar-refractivity contribution in [3.05, 3.63) is 0 Å². The standard InChI is InChI=1S/C16H34N2/c1-12-9-13(2)14(3)18(11-12)8-7-15(17)10-16(4,5)6/h12-15H,7-11,17H2,1-6H3. The first kappa shape index (κ1) is 16.0. The third-order valence-corrected chi connectivity index (χ3v) is 4.38. The molecule has 4 atom stereocenters. The van der Waals surface area contributed by atoms with Crippen molar-refractivity contribution in [1.82, 2.24) is 4.90 Å². The maximum atomic E-state index is 6.27. The predicted octanol–water partition coefficient (Wildman–Crippen LogP) is 3.51. The summed E-state index contributed by atoms with van der Waals surface area (Å²) in [7, 11) is 0. The fourth-order valence-electron chi connectivity index (χ4n) is 3.35. The number of likely N-dealkylation sites (tertiary alicyclic amines) is 1. The van der Waals surface area contributed by atoms with Gasteiger partial charge in [-0.05, 0) is 50.0 Å². The average Bonchev–Trinajstić information content (AvgIpc) is 2.18. The van der Waals surface area contributed by atoms with Gasteiger partial charge < -0.3 is 10.6 Å². The van der Waals surface area contributed by atoms with Gasteiger partial charge in [-0.1, -0.05) is 34.6 Å². The number of nitrogens with zero attached hydrogens (tertiary/aromatic N) is 1. The Labute approximate surface area is 114 Å². The minimum absolute atomic E-state index is 0.352. The molecule has 108 valence electrons. The summed E-state index contributed by atoms with van der Waals surface area (Å²) >= 11 is 0. The lowest BCUT2D eigenvalue weighted by molar-refractivity contribution is 0.0757. The van der Waals surface area contributed by atoms with Gasteiger partial charge in [-0.25, -0.2) is 0 Å². The summed E-state index contributed by atoms with van der Waals surface area (Å²) in [5.74, 6) is 1.67. The van der Waals surface area contributed by atoms with Crippen LogP contribution in [0, 0.1) is 17.3 Å². The van der Waals surface area contributed by atoms with Gasteiger partial charge in [-0.15, -0.1) is 0 Å². The van der Waals surface area contributed by atoms with E-state index in [1.807, 2.05) is 0 Å². The summed E-state index contributed by atoms with van der Waals surface area (Å²) < 4.78 is 0. The number of hydrogen-bond acceptors (Lipinski definition) is 2. The molecule has 1 aliphatic heterocycles. The third-order valence-electron chi connectivity index (χ3n) is 4.38. The smallest absolute Gasteiger partial charge is 0.00927 e. The first-order valence-electron chi connectivity index (χ1n) is 7.68. The first-order valence-corrected chi connectivity index (χ1v) is 7.68. The Morgan fingerprint density at radius 1 is 1.22 bits per heavy atom. The molecule has 0 aliphatic carbocycles. The van der Waals surface area contributed by atoms with Crippen LogP contribution < -0.4 is 5.73 Å². The van der Waals surface area contributed by atoms with Crippen molar-refractivity contribution in [2.45, 2.75) is 72.9 Å². The first-order chi connectivity index (χ1) is 8.19.